The first kappa shape index (κ1) is 12.5. The van der Waals surface area contributed by atoms with Gasteiger partial charge in [-0.15, -0.1) is 0 Å². The molecule has 0 saturated heterocycles. The molecule has 1 aromatic rings. The molecule has 0 bridgehead atoms. The van der Waals surface area contributed by atoms with Crippen LogP contribution in [0.2, 0.25) is 0 Å². The van der Waals surface area contributed by atoms with E-state index in [0.29, 0.717) is 6.61 Å². The van der Waals surface area contributed by atoms with E-state index in [1.165, 1.54) is 0 Å². The lowest BCUT2D eigenvalue weighted by Crippen LogP contribution is -2.09. The lowest BCUT2D eigenvalue weighted by atomic mass is 10.1. The Labute approximate surface area is 98.7 Å². The summed E-state index contributed by atoms with van der Waals surface area (Å²) in [5, 5.41) is 0. The quantitative estimate of drug-likeness (QED) is 0.663. The summed E-state index contributed by atoms with van der Waals surface area (Å²) < 4.78 is 11.6. The number of benzene rings is 1. The molecule has 0 amide bonds. The standard InChI is InChI=1S/C11H16BrNO2/c1-3-14-7-15-11-6-9(12)4-5-10(11)8(2)13/h4-6,8H,3,7,13H2,1-2H3/t8-/m0/s1. The molecule has 0 heterocycles. The Morgan fingerprint density at radius 2 is 2.20 bits per heavy atom. The van der Waals surface area contributed by atoms with Crippen LogP contribution in [-0.2, 0) is 4.74 Å². The van der Waals surface area contributed by atoms with Gasteiger partial charge >= 0.3 is 0 Å². The first-order chi connectivity index (χ1) is 7.15. The van der Waals surface area contributed by atoms with Crippen molar-refractivity contribution in [2.75, 3.05) is 13.4 Å². The molecule has 3 nitrogen and oxygen atoms in total. The first-order valence-corrected chi connectivity index (χ1v) is 5.70. The normalized spacial score (nSPS) is 12.5. The molecule has 0 aliphatic heterocycles. The summed E-state index contributed by atoms with van der Waals surface area (Å²) in [4.78, 5) is 0. The molecule has 0 saturated carbocycles. The van der Waals surface area contributed by atoms with Crippen LogP contribution in [0.15, 0.2) is 22.7 Å². The summed E-state index contributed by atoms with van der Waals surface area (Å²) in [6.07, 6.45) is 0. The second kappa shape index (κ2) is 6.10. The van der Waals surface area contributed by atoms with Gasteiger partial charge in [-0.25, -0.2) is 0 Å². The van der Waals surface area contributed by atoms with E-state index >= 15 is 0 Å². The highest BCUT2D eigenvalue weighted by molar-refractivity contribution is 9.10. The Bertz CT molecular complexity index is 315. The van der Waals surface area contributed by atoms with Crippen LogP contribution >= 0.6 is 15.9 Å². The number of hydrogen-bond acceptors (Lipinski definition) is 3. The zero-order valence-corrected chi connectivity index (χ0v) is 10.6. The fraction of sp³-hybridized carbons (Fsp3) is 0.455. The Kier molecular flexibility index (Phi) is 5.08. The highest BCUT2D eigenvalue weighted by Gasteiger charge is 2.08. The summed E-state index contributed by atoms with van der Waals surface area (Å²) >= 11 is 3.39. The molecule has 15 heavy (non-hydrogen) atoms. The van der Waals surface area contributed by atoms with Crippen molar-refractivity contribution in [3.63, 3.8) is 0 Å². The van der Waals surface area contributed by atoms with Crippen LogP contribution < -0.4 is 10.5 Å². The number of rotatable bonds is 5. The molecule has 0 fully saturated rings. The van der Waals surface area contributed by atoms with E-state index in [1.54, 1.807) is 0 Å². The van der Waals surface area contributed by atoms with E-state index in [9.17, 15) is 0 Å². The van der Waals surface area contributed by atoms with Gasteiger partial charge in [0.05, 0.1) is 0 Å². The number of nitrogens with two attached hydrogens (primary N) is 1. The Morgan fingerprint density at radius 1 is 1.47 bits per heavy atom. The molecule has 1 aromatic carbocycles. The highest BCUT2D eigenvalue weighted by Crippen LogP contribution is 2.27. The summed E-state index contributed by atoms with van der Waals surface area (Å²) in [5.41, 5.74) is 6.82. The third-order valence-electron chi connectivity index (χ3n) is 1.97. The van der Waals surface area contributed by atoms with E-state index < -0.39 is 0 Å². The van der Waals surface area contributed by atoms with E-state index in [1.807, 2.05) is 32.0 Å². The molecule has 0 spiro atoms. The monoisotopic (exact) mass is 273 g/mol. The zero-order chi connectivity index (χ0) is 11.3. The summed E-state index contributed by atoms with van der Waals surface area (Å²) in [5.74, 6) is 0.771. The van der Waals surface area contributed by atoms with Gasteiger partial charge in [-0.05, 0) is 26.0 Å². The molecule has 1 rings (SSSR count). The minimum atomic E-state index is -0.0465. The average Bonchev–Trinajstić information content (AvgIpc) is 2.18. The van der Waals surface area contributed by atoms with Gasteiger partial charge in [-0.3, -0.25) is 0 Å². The summed E-state index contributed by atoms with van der Waals surface area (Å²) in [6, 6.07) is 5.76. The smallest absolute Gasteiger partial charge is 0.189 e. The molecule has 0 radical (unpaired) electrons. The van der Waals surface area contributed by atoms with Crippen molar-refractivity contribution in [2.24, 2.45) is 5.73 Å². The number of ether oxygens (including phenoxy) is 2. The SMILES string of the molecule is CCOCOc1cc(Br)ccc1[C@H](C)N. The van der Waals surface area contributed by atoms with Crippen LogP contribution in [0.25, 0.3) is 0 Å². The van der Waals surface area contributed by atoms with Crippen molar-refractivity contribution in [1.82, 2.24) is 0 Å². The van der Waals surface area contributed by atoms with Gasteiger partial charge in [0, 0.05) is 22.7 Å². The third-order valence-corrected chi connectivity index (χ3v) is 2.46. The van der Waals surface area contributed by atoms with Crippen LogP contribution in [0, 0.1) is 0 Å². The van der Waals surface area contributed by atoms with Crippen molar-refractivity contribution in [3.05, 3.63) is 28.2 Å². The van der Waals surface area contributed by atoms with Crippen LogP contribution in [0.3, 0.4) is 0 Å². The minimum absolute atomic E-state index is 0.0465. The zero-order valence-electron chi connectivity index (χ0n) is 9.00. The van der Waals surface area contributed by atoms with Gasteiger partial charge in [0.1, 0.15) is 5.75 Å². The molecular weight excluding hydrogens is 258 g/mol. The number of halogens is 1. The fourth-order valence-corrected chi connectivity index (χ4v) is 1.54. The van der Waals surface area contributed by atoms with Crippen molar-refractivity contribution in [3.8, 4) is 5.75 Å². The predicted molar refractivity (Wildman–Crippen MR) is 63.9 cm³/mol. The Balaban J connectivity index is 2.77. The second-order valence-electron chi connectivity index (χ2n) is 3.23. The van der Waals surface area contributed by atoms with Crippen molar-refractivity contribution in [2.45, 2.75) is 19.9 Å². The van der Waals surface area contributed by atoms with Crippen LogP contribution in [-0.4, -0.2) is 13.4 Å². The van der Waals surface area contributed by atoms with Crippen molar-refractivity contribution in [1.29, 1.82) is 0 Å². The van der Waals surface area contributed by atoms with Gasteiger partial charge in [0.25, 0.3) is 0 Å². The Hall–Kier alpha value is -0.580. The van der Waals surface area contributed by atoms with Crippen LogP contribution in [0.1, 0.15) is 25.5 Å². The van der Waals surface area contributed by atoms with Gasteiger partial charge in [0.15, 0.2) is 6.79 Å². The summed E-state index contributed by atoms with van der Waals surface area (Å²) in [7, 11) is 0. The highest BCUT2D eigenvalue weighted by atomic mass is 79.9. The van der Waals surface area contributed by atoms with E-state index in [4.69, 9.17) is 15.2 Å². The first-order valence-electron chi connectivity index (χ1n) is 4.90. The van der Waals surface area contributed by atoms with Gasteiger partial charge < -0.3 is 15.2 Å². The largest absolute Gasteiger partial charge is 0.467 e. The maximum absolute atomic E-state index is 5.83. The molecule has 0 aliphatic carbocycles. The van der Waals surface area contributed by atoms with E-state index in [2.05, 4.69) is 15.9 Å². The molecule has 1 atom stereocenters. The predicted octanol–water partition coefficient (Wildman–Crippen LogP) is 2.84. The Morgan fingerprint density at radius 3 is 2.80 bits per heavy atom. The van der Waals surface area contributed by atoms with Crippen LogP contribution in [0.5, 0.6) is 5.75 Å². The minimum Gasteiger partial charge on any atom is -0.467 e. The van der Waals surface area contributed by atoms with Gasteiger partial charge in [-0.1, -0.05) is 22.0 Å². The van der Waals surface area contributed by atoms with E-state index in [-0.39, 0.29) is 12.8 Å². The van der Waals surface area contributed by atoms with Crippen LogP contribution in [0.4, 0.5) is 0 Å². The third kappa shape index (κ3) is 3.81. The average molecular weight is 274 g/mol. The molecule has 0 aliphatic rings. The maximum atomic E-state index is 5.83. The van der Waals surface area contributed by atoms with Crippen molar-refractivity contribution >= 4 is 15.9 Å². The van der Waals surface area contributed by atoms with Gasteiger partial charge in [0.2, 0.25) is 0 Å². The van der Waals surface area contributed by atoms with Gasteiger partial charge in [-0.2, -0.15) is 0 Å². The second-order valence-corrected chi connectivity index (χ2v) is 4.14. The maximum Gasteiger partial charge on any atom is 0.189 e. The topological polar surface area (TPSA) is 44.5 Å². The lowest BCUT2D eigenvalue weighted by Gasteiger charge is -2.14. The summed E-state index contributed by atoms with van der Waals surface area (Å²) in [6.45, 7) is 4.75. The molecule has 0 unspecified atom stereocenters. The molecule has 0 aromatic heterocycles. The fourth-order valence-electron chi connectivity index (χ4n) is 1.20. The number of hydrogen-bond donors (Lipinski definition) is 1. The molecule has 4 heteroatoms. The molecule has 2 N–H and O–H groups in total. The van der Waals surface area contributed by atoms with E-state index in [0.717, 1.165) is 15.8 Å². The lowest BCUT2D eigenvalue weighted by molar-refractivity contribution is 0.0216. The van der Waals surface area contributed by atoms with Crippen molar-refractivity contribution < 1.29 is 9.47 Å². The molecule has 84 valence electrons. The molecular formula is C11H16BrNO2.